The van der Waals surface area contributed by atoms with Crippen molar-refractivity contribution in [2.45, 2.75) is 84.5 Å². The number of esters is 1. The fourth-order valence-electron chi connectivity index (χ4n) is 8.85. The highest BCUT2D eigenvalue weighted by atomic mass is 16.7. The maximum absolute atomic E-state index is 13.8. The highest BCUT2D eigenvalue weighted by molar-refractivity contribution is 5.87. The fourth-order valence-corrected chi connectivity index (χ4v) is 8.85. The topological polar surface area (TPSA) is 78.9 Å². The minimum Gasteiger partial charge on any atom is -0.462 e. The third-order valence-electron chi connectivity index (χ3n) is 10.0. The van der Waals surface area contributed by atoms with E-state index in [4.69, 9.17) is 14.2 Å². The Hall–Kier alpha value is -1.27. The summed E-state index contributed by atoms with van der Waals surface area (Å²) in [5.41, 5.74) is -0.702. The molecule has 6 nitrogen and oxygen atoms in total. The molecule has 8 atom stereocenters. The van der Waals surface area contributed by atoms with Gasteiger partial charge in [0.05, 0.1) is 19.6 Å². The van der Waals surface area contributed by atoms with Gasteiger partial charge >= 0.3 is 5.97 Å². The predicted octanol–water partition coefficient (Wildman–Crippen LogP) is 3.70. The highest BCUT2D eigenvalue weighted by Crippen LogP contribution is 2.68. The number of hydrogen-bond donors (Lipinski definition) is 0. The molecule has 4 saturated carbocycles. The van der Waals surface area contributed by atoms with E-state index >= 15 is 0 Å². The largest absolute Gasteiger partial charge is 0.462 e. The number of carbonyl (C=O) groups is 3. The van der Waals surface area contributed by atoms with Crippen LogP contribution in [0.2, 0.25) is 0 Å². The quantitative estimate of drug-likeness (QED) is 0.619. The molecule has 0 aromatic rings. The van der Waals surface area contributed by atoms with Gasteiger partial charge in [-0.15, -0.1) is 0 Å². The van der Waals surface area contributed by atoms with Crippen LogP contribution in [0.3, 0.4) is 0 Å². The van der Waals surface area contributed by atoms with Gasteiger partial charge in [-0.3, -0.25) is 14.4 Å². The Labute approximate surface area is 184 Å². The van der Waals surface area contributed by atoms with Gasteiger partial charge < -0.3 is 14.2 Å². The lowest BCUT2D eigenvalue weighted by molar-refractivity contribution is -0.234. The molecule has 0 bridgehead atoms. The van der Waals surface area contributed by atoms with Crippen molar-refractivity contribution in [2.24, 2.45) is 40.4 Å². The summed E-state index contributed by atoms with van der Waals surface area (Å²) in [6.07, 6.45) is 5.29. The molecule has 5 rings (SSSR count). The van der Waals surface area contributed by atoms with E-state index in [0.717, 1.165) is 32.1 Å². The second-order valence-corrected chi connectivity index (χ2v) is 11.4. The van der Waals surface area contributed by atoms with Crippen molar-refractivity contribution in [3.8, 4) is 0 Å². The van der Waals surface area contributed by atoms with Crippen LogP contribution in [0.1, 0.15) is 72.6 Å². The minimum absolute atomic E-state index is 0.00480. The summed E-state index contributed by atoms with van der Waals surface area (Å²) in [7, 11) is 0. The number of carbonyl (C=O) groups excluding carboxylic acids is 3. The van der Waals surface area contributed by atoms with E-state index in [-0.39, 0.29) is 53.2 Å². The summed E-state index contributed by atoms with van der Waals surface area (Å²) in [6.45, 7) is 8.61. The molecule has 0 aromatic heterocycles. The first-order chi connectivity index (χ1) is 14.6. The highest BCUT2D eigenvalue weighted by Gasteiger charge is 2.68. The molecule has 5 aliphatic rings. The van der Waals surface area contributed by atoms with Crippen LogP contribution in [0.4, 0.5) is 0 Å². The van der Waals surface area contributed by atoms with Gasteiger partial charge in [-0.05, 0) is 62.2 Å². The van der Waals surface area contributed by atoms with Crippen LogP contribution in [-0.4, -0.2) is 42.6 Å². The maximum Gasteiger partial charge on any atom is 0.302 e. The average molecular weight is 433 g/mol. The normalized spacial score (nSPS) is 48.1. The van der Waals surface area contributed by atoms with Crippen LogP contribution in [-0.2, 0) is 28.6 Å². The van der Waals surface area contributed by atoms with E-state index < -0.39 is 11.2 Å². The lowest BCUT2D eigenvalue weighted by Crippen LogP contribution is -2.64. The molecule has 4 aliphatic carbocycles. The van der Waals surface area contributed by atoms with Gasteiger partial charge in [-0.1, -0.05) is 13.8 Å². The van der Waals surface area contributed by atoms with Crippen molar-refractivity contribution < 1.29 is 28.6 Å². The van der Waals surface area contributed by atoms with Crippen molar-refractivity contribution >= 4 is 17.5 Å². The summed E-state index contributed by atoms with van der Waals surface area (Å²) < 4.78 is 17.8. The molecule has 0 N–H and O–H groups in total. The van der Waals surface area contributed by atoms with Crippen LogP contribution in [0, 0.1) is 40.4 Å². The maximum atomic E-state index is 13.8. The third-order valence-corrected chi connectivity index (χ3v) is 10.0. The van der Waals surface area contributed by atoms with Crippen molar-refractivity contribution in [1.82, 2.24) is 0 Å². The lowest BCUT2D eigenvalue weighted by Gasteiger charge is -2.62. The first kappa shape index (κ1) is 21.6. The summed E-state index contributed by atoms with van der Waals surface area (Å²) in [6, 6.07) is 0. The fraction of sp³-hybridized carbons (Fsp3) is 0.880. The van der Waals surface area contributed by atoms with Crippen LogP contribution in [0.5, 0.6) is 0 Å². The molecule has 1 saturated heterocycles. The molecule has 31 heavy (non-hydrogen) atoms. The van der Waals surface area contributed by atoms with Gasteiger partial charge in [0.1, 0.15) is 17.7 Å². The number of rotatable bonds is 2. The second kappa shape index (κ2) is 7.11. The van der Waals surface area contributed by atoms with Crippen molar-refractivity contribution in [1.29, 1.82) is 0 Å². The van der Waals surface area contributed by atoms with Gasteiger partial charge in [0.15, 0.2) is 5.79 Å². The van der Waals surface area contributed by atoms with E-state index in [0.29, 0.717) is 31.5 Å². The zero-order valence-electron chi connectivity index (χ0n) is 19.3. The Morgan fingerprint density at radius 2 is 1.71 bits per heavy atom. The predicted molar refractivity (Wildman–Crippen MR) is 112 cm³/mol. The van der Waals surface area contributed by atoms with Crippen LogP contribution < -0.4 is 0 Å². The van der Waals surface area contributed by atoms with Gasteiger partial charge in [0.2, 0.25) is 0 Å². The lowest BCUT2D eigenvalue weighted by atomic mass is 9.43. The smallest absolute Gasteiger partial charge is 0.302 e. The first-order valence-corrected chi connectivity index (χ1v) is 12.1. The first-order valence-electron chi connectivity index (χ1n) is 12.1. The molecule has 6 heteroatoms. The van der Waals surface area contributed by atoms with Crippen molar-refractivity contribution in [2.75, 3.05) is 13.2 Å². The van der Waals surface area contributed by atoms with Gasteiger partial charge in [0.25, 0.3) is 0 Å². The zero-order chi connectivity index (χ0) is 22.2. The third kappa shape index (κ3) is 3.00. The molecule has 0 aromatic carbocycles. The van der Waals surface area contributed by atoms with E-state index in [9.17, 15) is 14.4 Å². The van der Waals surface area contributed by atoms with Crippen molar-refractivity contribution in [3.05, 3.63) is 0 Å². The Morgan fingerprint density at radius 3 is 2.35 bits per heavy atom. The minimum atomic E-state index is -0.749. The Bertz CT molecular complexity index is 800. The van der Waals surface area contributed by atoms with Crippen LogP contribution in [0.15, 0.2) is 0 Å². The van der Waals surface area contributed by atoms with Crippen molar-refractivity contribution in [3.63, 3.8) is 0 Å². The molecule has 0 radical (unpaired) electrons. The molecule has 0 unspecified atom stereocenters. The number of fused-ring (bicyclic) bond motifs is 5. The number of ether oxygens (including phenoxy) is 3. The molecule has 1 aliphatic heterocycles. The van der Waals surface area contributed by atoms with Crippen LogP contribution in [0.25, 0.3) is 0 Å². The Balaban J connectivity index is 1.53. The molecule has 1 heterocycles. The number of Topliss-reactive ketones (excluding diaryl/α,β-unsaturated/α-hetero) is 2. The second-order valence-electron chi connectivity index (χ2n) is 11.4. The Morgan fingerprint density at radius 1 is 1.00 bits per heavy atom. The average Bonchev–Trinajstić information content (AvgIpc) is 3.26. The SMILES string of the molecule is CC(=O)O[C@H]1C[C@]2(C)[C@@H](C(C)=O)CC[C@@H]2[C@H]2CC[C@H]3CC4(CC(=O)[C@]3(C)[C@@H]21)OCCO4. The summed E-state index contributed by atoms with van der Waals surface area (Å²) in [5, 5.41) is 0. The van der Waals surface area contributed by atoms with E-state index in [1.54, 1.807) is 6.92 Å². The molecular weight excluding hydrogens is 396 g/mol. The standard InChI is InChI=1S/C25H36O6/c1-14(26)18-7-8-19-17-6-5-16-11-25(29-9-10-30-25)13-21(28)24(16,4)22(17)20(31-15(2)27)12-23(18,19)3/h16-20,22H,5-13H2,1-4H3/t16-,17+,18+,19+,20-,22-,23+,24+/m0/s1. The molecule has 172 valence electrons. The number of ketones is 2. The van der Waals surface area contributed by atoms with Gasteiger partial charge in [0, 0.05) is 30.6 Å². The summed E-state index contributed by atoms with van der Waals surface area (Å²) in [4.78, 5) is 38.4. The zero-order valence-corrected chi connectivity index (χ0v) is 19.3. The van der Waals surface area contributed by atoms with Crippen LogP contribution >= 0.6 is 0 Å². The van der Waals surface area contributed by atoms with E-state index in [2.05, 4.69) is 13.8 Å². The summed E-state index contributed by atoms with van der Waals surface area (Å²) >= 11 is 0. The molecular formula is C25H36O6. The monoisotopic (exact) mass is 432 g/mol. The molecule has 0 amide bonds. The van der Waals surface area contributed by atoms with E-state index in [1.807, 2.05) is 0 Å². The van der Waals surface area contributed by atoms with Gasteiger partial charge in [-0.25, -0.2) is 0 Å². The molecule has 1 spiro atoms. The number of hydrogen-bond acceptors (Lipinski definition) is 6. The van der Waals surface area contributed by atoms with Gasteiger partial charge in [-0.2, -0.15) is 0 Å². The molecule has 5 fully saturated rings. The van der Waals surface area contributed by atoms with E-state index in [1.165, 1.54) is 6.92 Å². The summed E-state index contributed by atoms with van der Waals surface area (Å²) in [5.74, 6) is 0.296. The Kier molecular flexibility index (Phi) is 4.95.